The Hall–Kier alpha value is -1.94. The van der Waals surface area contributed by atoms with Crippen LogP contribution in [-0.2, 0) is 65.4 Å². The quantitative estimate of drug-likeness (QED) is 0.0222. The average Bonchev–Trinajstić information content (AvgIpc) is 1.01. The number of phosphoric ester groups is 2. The summed E-state index contributed by atoms with van der Waals surface area (Å²) in [6.45, 7) is 9.66. The third-order valence-corrected chi connectivity index (χ3v) is 20.6. The molecule has 0 aromatic carbocycles. The highest BCUT2D eigenvalue weighted by Crippen LogP contribution is 2.45. The molecule has 0 aliphatic carbocycles. The van der Waals surface area contributed by atoms with Crippen molar-refractivity contribution in [3.05, 3.63) is 0 Å². The first-order valence-corrected chi connectivity index (χ1v) is 44.5. The van der Waals surface area contributed by atoms with Crippen LogP contribution in [0.1, 0.15) is 420 Å². The smallest absolute Gasteiger partial charge is 0.462 e. The van der Waals surface area contributed by atoms with Gasteiger partial charge < -0.3 is 33.8 Å². The van der Waals surface area contributed by atoms with Crippen molar-refractivity contribution in [3.8, 4) is 0 Å². The molecule has 0 rings (SSSR count). The van der Waals surface area contributed by atoms with Crippen molar-refractivity contribution in [2.24, 2.45) is 11.8 Å². The molecule has 0 bridgehead atoms. The summed E-state index contributed by atoms with van der Waals surface area (Å²) in [4.78, 5) is 72.9. The molecule has 0 saturated carbocycles. The monoisotopic (exact) mass is 1450 g/mol. The number of unbranched alkanes of at least 4 members (excludes halogenated alkanes) is 49. The molecule has 17 nitrogen and oxygen atoms in total. The number of aliphatic hydroxyl groups excluding tert-OH is 1. The van der Waals surface area contributed by atoms with Gasteiger partial charge >= 0.3 is 39.5 Å². The van der Waals surface area contributed by atoms with Gasteiger partial charge in [0.25, 0.3) is 0 Å². The maximum Gasteiger partial charge on any atom is 0.472 e. The highest BCUT2D eigenvalue weighted by atomic mass is 31.2. The molecule has 0 fully saturated rings. The lowest BCUT2D eigenvalue weighted by Crippen LogP contribution is -2.30. The van der Waals surface area contributed by atoms with Crippen LogP contribution in [0.2, 0.25) is 0 Å². The van der Waals surface area contributed by atoms with E-state index in [0.29, 0.717) is 25.7 Å². The molecule has 19 heteroatoms. The van der Waals surface area contributed by atoms with Crippen molar-refractivity contribution in [1.82, 2.24) is 0 Å². The third kappa shape index (κ3) is 74.1. The predicted molar refractivity (Wildman–Crippen MR) is 405 cm³/mol. The molecule has 0 spiro atoms. The minimum absolute atomic E-state index is 0.108. The fourth-order valence-electron chi connectivity index (χ4n) is 12.4. The number of hydrogen-bond acceptors (Lipinski definition) is 15. The van der Waals surface area contributed by atoms with Crippen molar-refractivity contribution < 1.29 is 80.2 Å². The van der Waals surface area contributed by atoms with E-state index in [4.69, 9.17) is 37.0 Å². The van der Waals surface area contributed by atoms with Crippen LogP contribution in [0.4, 0.5) is 0 Å². The lowest BCUT2D eigenvalue weighted by atomic mass is 10.0. The first kappa shape index (κ1) is 97.1. The number of aliphatic hydroxyl groups is 1. The molecule has 0 radical (unpaired) electrons. The van der Waals surface area contributed by atoms with Gasteiger partial charge in [-0.1, -0.05) is 369 Å². The van der Waals surface area contributed by atoms with E-state index in [2.05, 4.69) is 41.5 Å². The topological polar surface area (TPSA) is 237 Å². The van der Waals surface area contributed by atoms with Crippen molar-refractivity contribution in [1.29, 1.82) is 0 Å². The summed E-state index contributed by atoms with van der Waals surface area (Å²) in [5, 5.41) is 10.6. The van der Waals surface area contributed by atoms with Gasteiger partial charge in [0.1, 0.15) is 19.3 Å². The van der Waals surface area contributed by atoms with E-state index >= 15 is 0 Å². The van der Waals surface area contributed by atoms with E-state index in [1.807, 2.05) is 0 Å². The molecular formula is C80H156O17P2. The molecule has 0 amide bonds. The van der Waals surface area contributed by atoms with Gasteiger partial charge in [-0.3, -0.25) is 37.3 Å². The molecule has 0 heterocycles. The van der Waals surface area contributed by atoms with Gasteiger partial charge in [0.05, 0.1) is 26.4 Å². The van der Waals surface area contributed by atoms with Crippen molar-refractivity contribution >= 4 is 39.5 Å². The van der Waals surface area contributed by atoms with Gasteiger partial charge in [-0.15, -0.1) is 0 Å². The van der Waals surface area contributed by atoms with Crippen LogP contribution in [0, 0.1) is 11.8 Å². The van der Waals surface area contributed by atoms with Gasteiger partial charge in [-0.05, 0) is 37.5 Å². The summed E-state index contributed by atoms with van der Waals surface area (Å²) in [7, 11) is -9.91. The molecular weight excluding hydrogens is 1290 g/mol. The zero-order valence-electron chi connectivity index (χ0n) is 64.8. The SMILES string of the molecule is CCCCCCCCCCCCCCCCCCC(=O)O[C@H](COC(=O)CCCCCCCCCC)COP(=O)(O)OC[C@H](O)COP(=O)(O)OC[C@@H](COC(=O)CCCCCCCCCCCCCCCC(C)C)OC(=O)CCCCCCCCCCCCCCCCCCC(C)C. The Labute approximate surface area is 607 Å². The van der Waals surface area contributed by atoms with Crippen molar-refractivity contribution in [2.45, 2.75) is 439 Å². The Balaban J connectivity index is 5.20. The molecule has 0 aromatic heterocycles. The molecule has 99 heavy (non-hydrogen) atoms. The Morgan fingerprint density at radius 3 is 0.687 bits per heavy atom. The summed E-state index contributed by atoms with van der Waals surface area (Å²) < 4.78 is 68.6. The number of carbonyl (C=O) groups is 4. The molecule has 0 aromatic rings. The standard InChI is InChI=1S/C80H156O17P2/c1-7-9-11-13-15-17-18-19-20-24-29-35-40-46-52-58-64-79(84)96-75(68-90-77(82)62-56-50-44-16-14-12-10-8-2)70-94-98(86,87)92-66-74(81)67-93-99(88,89)95-71-76(69-91-78(83)63-57-51-45-39-34-31-26-28-33-38-43-49-55-61-73(5)6)97-80(85)65-59-53-47-41-36-30-25-22-21-23-27-32-37-42-48-54-60-72(3)4/h72-76,81H,7-71H2,1-6H3,(H,86,87)(H,88,89)/t74-,75+,76+/m0/s1. The normalized spacial score (nSPS) is 13.9. The van der Waals surface area contributed by atoms with Gasteiger partial charge in [0.15, 0.2) is 12.2 Å². The summed E-state index contributed by atoms with van der Waals surface area (Å²) in [6, 6.07) is 0. The maximum atomic E-state index is 13.1. The Bertz CT molecular complexity index is 1910. The van der Waals surface area contributed by atoms with Gasteiger partial charge in [-0.25, -0.2) is 9.13 Å². The summed E-state index contributed by atoms with van der Waals surface area (Å²) in [5.41, 5.74) is 0. The minimum atomic E-state index is -4.96. The number of rotatable bonds is 79. The molecule has 5 atom stereocenters. The van der Waals surface area contributed by atoms with Gasteiger partial charge in [0.2, 0.25) is 0 Å². The fourth-order valence-corrected chi connectivity index (χ4v) is 13.9. The highest BCUT2D eigenvalue weighted by Gasteiger charge is 2.30. The second kappa shape index (κ2) is 71.7. The van der Waals surface area contributed by atoms with Gasteiger partial charge in [-0.2, -0.15) is 0 Å². The van der Waals surface area contributed by atoms with Crippen LogP contribution in [0.5, 0.6) is 0 Å². The number of hydrogen-bond donors (Lipinski definition) is 3. The van der Waals surface area contributed by atoms with Crippen LogP contribution in [0.15, 0.2) is 0 Å². The number of ether oxygens (including phenoxy) is 4. The molecule has 588 valence electrons. The number of phosphoric acid groups is 2. The fraction of sp³-hybridized carbons (Fsp3) is 0.950. The molecule has 3 N–H and O–H groups in total. The zero-order valence-corrected chi connectivity index (χ0v) is 66.6. The van der Waals surface area contributed by atoms with Gasteiger partial charge in [0, 0.05) is 25.7 Å². The predicted octanol–water partition coefficient (Wildman–Crippen LogP) is 23.9. The second-order valence-corrected chi connectivity index (χ2v) is 32.7. The van der Waals surface area contributed by atoms with Crippen LogP contribution in [0.25, 0.3) is 0 Å². The summed E-state index contributed by atoms with van der Waals surface area (Å²) in [5.74, 6) is -0.511. The first-order chi connectivity index (χ1) is 47.9. The van der Waals surface area contributed by atoms with E-state index in [1.54, 1.807) is 0 Å². The highest BCUT2D eigenvalue weighted by molar-refractivity contribution is 7.47. The Morgan fingerprint density at radius 1 is 0.273 bits per heavy atom. The lowest BCUT2D eigenvalue weighted by molar-refractivity contribution is -0.161. The van der Waals surface area contributed by atoms with E-state index in [1.165, 1.54) is 231 Å². The van der Waals surface area contributed by atoms with Crippen molar-refractivity contribution in [2.75, 3.05) is 39.6 Å². The third-order valence-electron chi connectivity index (χ3n) is 18.7. The van der Waals surface area contributed by atoms with Crippen LogP contribution >= 0.6 is 15.6 Å². The molecule has 0 aliphatic rings. The number of carbonyl (C=O) groups excluding carboxylic acids is 4. The van der Waals surface area contributed by atoms with Crippen LogP contribution in [-0.4, -0.2) is 96.7 Å². The zero-order chi connectivity index (χ0) is 72.8. The van der Waals surface area contributed by atoms with Crippen LogP contribution in [0.3, 0.4) is 0 Å². The van der Waals surface area contributed by atoms with E-state index in [9.17, 15) is 43.2 Å². The molecule has 0 saturated heterocycles. The summed E-state index contributed by atoms with van der Waals surface area (Å²) in [6.07, 6.45) is 61.0. The van der Waals surface area contributed by atoms with Crippen LogP contribution < -0.4 is 0 Å². The first-order valence-electron chi connectivity index (χ1n) is 41.5. The largest absolute Gasteiger partial charge is 0.472 e. The Kier molecular flexibility index (Phi) is 70.3. The van der Waals surface area contributed by atoms with Crippen molar-refractivity contribution in [3.63, 3.8) is 0 Å². The molecule has 2 unspecified atom stereocenters. The molecule has 0 aliphatic heterocycles. The maximum absolute atomic E-state index is 13.1. The van der Waals surface area contributed by atoms with E-state index in [-0.39, 0.29) is 25.7 Å². The minimum Gasteiger partial charge on any atom is -0.462 e. The average molecular weight is 1450 g/mol. The lowest BCUT2D eigenvalue weighted by Gasteiger charge is -2.21. The van der Waals surface area contributed by atoms with E-state index < -0.39 is 97.5 Å². The summed E-state index contributed by atoms with van der Waals surface area (Å²) >= 11 is 0. The van der Waals surface area contributed by atoms with E-state index in [0.717, 1.165) is 108 Å². The Morgan fingerprint density at radius 2 is 0.465 bits per heavy atom. The second-order valence-electron chi connectivity index (χ2n) is 29.8. The number of esters is 4.